The standard InChI is InChI=1S/C17H22O4/c1-13(2)7-6-12-20-16(18)10-11-17(19)21-15-9-5-4-8-14(15)3/h4-5,8-11,13H,6-7,12H2,1-3H3/b11-10+. The Morgan fingerprint density at radius 3 is 2.48 bits per heavy atom. The van der Waals surface area contributed by atoms with Gasteiger partial charge in [0.05, 0.1) is 6.61 Å². The van der Waals surface area contributed by atoms with Gasteiger partial charge in [0.25, 0.3) is 0 Å². The number of rotatable bonds is 7. The molecule has 0 radical (unpaired) electrons. The van der Waals surface area contributed by atoms with Crippen molar-refractivity contribution < 1.29 is 19.1 Å². The van der Waals surface area contributed by atoms with Gasteiger partial charge in [0.2, 0.25) is 0 Å². The van der Waals surface area contributed by atoms with Gasteiger partial charge >= 0.3 is 11.9 Å². The van der Waals surface area contributed by atoms with Crippen LogP contribution in [0.2, 0.25) is 0 Å². The van der Waals surface area contributed by atoms with Gasteiger partial charge in [-0.05, 0) is 37.3 Å². The fraction of sp³-hybridized carbons (Fsp3) is 0.412. The van der Waals surface area contributed by atoms with Gasteiger partial charge in [0.15, 0.2) is 0 Å². The van der Waals surface area contributed by atoms with Crippen LogP contribution in [-0.4, -0.2) is 18.5 Å². The van der Waals surface area contributed by atoms with Crippen molar-refractivity contribution in [3.05, 3.63) is 42.0 Å². The monoisotopic (exact) mass is 290 g/mol. The van der Waals surface area contributed by atoms with E-state index in [1.54, 1.807) is 12.1 Å². The smallest absolute Gasteiger partial charge is 0.336 e. The molecule has 0 amide bonds. The fourth-order valence-electron chi connectivity index (χ4n) is 1.66. The molecule has 0 heterocycles. The highest BCUT2D eigenvalue weighted by Gasteiger charge is 2.05. The number of ether oxygens (including phenoxy) is 2. The molecular formula is C17H22O4. The number of hydrogen-bond acceptors (Lipinski definition) is 4. The summed E-state index contributed by atoms with van der Waals surface area (Å²) in [5.41, 5.74) is 0.857. The minimum atomic E-state index is -0.594. The molecule has 1 aromatic carbocycles. The first-order valence-electron chi connectivity index (χ1n) is 7.11. The van der Waals surface area contributed by atoms with Gasteiger partial charge in [-0.2, -0.15) is 0 Å². The normalized spacial score (nSPS) is 10.9. The van der Waals surface area contributed by atoms with Crippen LogP contribution < -0.4 is 4.74 Å². The SMILES string of the molecule is Cc1ccccc1OC(=O)/C=C/C(=O)OCCCC(C)C. The Morgan fingerprint density at radius 1 is 1.14 bits per heavy atom. The second-order valence-electron chi connectivity index (χ2n) is 5.22. The van der Waals surface area contributed by atoms with Crippen molar-refractivity contribution in [3.63, 3.8) is 0 Å². The molecule has 1 rings (SSSR count). The molecule has 1 aromatic rings. The first-order chi connectivity index (χ1) is 9.99. The Balaban J connectivity index is 2.33. The lowest BCUT2D eigenvalue weighted by atomic mass is 10.1. The summed E-state index contributed by atoms with van der Waals surface area (Å²) in [6, 6.07) is 7.18. The Hall–Kier alpha value is -2.10. The largest absolute Gasteiger partial charge is 0.463 e. The highest BCUT2D eigenvalue weighted by Crippen LogP contribution is 2.16. The summed E-state index contributed by atoms with van der Waals surface area (Å²) in [6.07, 6.45) is 4.00. The van der Waals surface area contributed by atoms with E-state index in [0.29, 0.717) is 18.3 Å². The van der Waals surface area contributed by atoms with Crippen LogP contribution in [0.3, 0.4) is 0 Å². The molecule has 4 nitrogen and oxygen atoms in total. The maximum absolute atomic E-state index is 11.6. The summed E-state index contributed by atoms with van der Waals surface area (Å²) in [6.45, 7) is 6.44. The van der Waals surface area contributed by atoms with E-state index in [1.165, 1.54) is 0 Å². The number of carbonyl (C=O) groups excluding carboxylic acids is 2. The van der Waals surface area contributed by atoms with E-state index in [4.69, 9.17) is 9.47 Å². The van der Waals surface area contributed by atoms with Crippen LogP contribution in [0, 0.1) is 12.8 Å². The van der Waals surface area contributed by atoms with Gasteiger partial charge in [0, 0.05) is 12.2 Å². The van der Waals surface area contributed by atoms with Crippen molar-refractivity contribution in [1.29, 1.82) is 0 Å². The highest BCUT2D eigenvalue weighted by atomic mass is 16.5. The van der Waals surface area contributed by atoms with E-state index in [-0.39, 0.29) is 0 Å². The first-order valence-corrected chi connectivity index (χ1v) is 7.11. The van der Waals surface area contributed by atoms with Gasteiger partial charge in [-0.3, -0.25) is 0 Å². The van der Waals surface area contributed by atoms with Crippen molar-refractivity contribution >= 4 is 11.9 Å². The maximum atomic E-state index is 11.6. The lowest BCUT2D eigenvalue weighted by Gasteiger charge is -2.05. The van der Waals surface area contributed by atoms with Crippen LogP contribution >= 0.6 is 0 Å². The first kappa shape index (κ1) is 17.0. The van der Waals surface area contributed by atoms with E-state index >= 15 is 0 Å². The predicted octanol–water partition coefficient (Wildman–Crippen LogP) is 3.44. The quantitative estimate of drug-likeness (QED) is 0.334. The molecule has 0 aliphatic carbocycles. The summed E-state index contributed by atoms with van der Waals surface area (Å²) in [4.78, 5) is 23.0. The van der Waals surface area contributed by atoms with Crippen molar-refractivity contribution in [1.82, 2.24) is 0 Å². The van der Waals surface area contributed by atoms with Crippen molar-refractivity contribution in [2.24, 2.45) is 5.92 Å². The van der Waals surface area contributed by atoms with Crippen molar-refractivity contribution in [2.45, 2.75) is 33.6 Å². The van der Waals surface area contributed by atoms with Crippen LogP contribution in [0.1, 0.15) is 32.3 Å². The number of carbonyl (C=O) groups is 2. The molecule has 0 unspecified atom stereocenters. The third kappa shape index (κ3) is 7.30. The van der Waals surface area contributed by atoms with Crippen LogP contribution in [0.15, 0.2) is 36.4 Å². The lowest BCUT2D eigenvalue weighted by Crippen LogP contribution is -2.08. The molecule has 0 saturated carbocycles. The zero-order chi connectivity index (χ0) is 15.7. The van der Waals surface area contributed by atoms with Crippen LogP contribution in [0.25, 0.3) is 0 Å². The summed E-state index contributed by atoms with van der Waals surface area (Å²) in [5.74, 6) is -0.0512. The van der Waals surface area contributed by atoms with Gasteiger partial charge in [-0.1, -0.05) is 32.0 Å². The Kier molecular flexibility index (Phi) is 7.23. The number of para-hydroxylation sites is 1. The van der Waals surface area contributed by atoms with E-state index < -0.39 is 11.9 Å². The van der Waals surface area contributed by atoms with E-state index in [9.17, 15) is 9.59 Å². The average Bonchev–Trinajstić information content (AvgIpc) is 2.44. The van der Waals surface area contributed by atoms with Gasteiger partial charge in [-0.15, -0.1) is 0 Å². The molecule has 0 saturated heterocycles. The predicted molar refractivity (Wildman–Crippen MR) is 81.0 cm³/mol. The topological polar surface area (TPSA) is 52.6 Å². The summed E-state index contributed by atoms with van der Waals surface area (Å²) >= 11 is 0. The van der Waals surface area contributed by atoms with Crippen molar-refractivity contribution in [2.75, 3.05) is 6.61 Å². The second-order valence-corrected chi connectivity index (χ2v) is 5.22. The fourth-order valence-corrected chi connectivity index (χ4v) is 1.66. The van der Waals surface area contributed by atoms with Crippen molar-refractivity contribution in [3.8, 4) is 5.75 Å². The molecule has 0 aliphatic rings. The number of aryl methyl sites for hydroxylation is 1. The number of hydrogen-bond donors (Lipinski definition) is 0. The third-order valence-corrected chi connectivity index (χ3v) is 2.83. The zero-order valence-electron chi connectivity index (χ0n) is 12.8. The zero-order valence-corrected chi connectivity index (χ0v) is 12.8. The lowest BCUT2D eigenvalue weighted by molar-refractivity contribution is -0.138. The summed E-state index contributed by atoms with van der Waals surface area (Å²) in [5, 5.41) is 0. The molecule has 0 spiro atoms. The molecule has 0 bridgehead atoms. The Morgan fingerprint density at radius 2 is 1.81 bits per heavy atom. The number of esters is 2. The van der Waals surface area contributed by atoms with Crippen LogP contribution in [0.5, 0.6) is 5.75 Å². The van der Waals surface area contributed by atoms with E-state index in [2.05, 4.69) is 13.8 Å². The Labute approximate surface area is 125 Å². The van der Waals surface area contributed by atoms with Gasteiger partial charge < -0.3 is 9.47 Å². The second kappa shape index (κ2) is 8.95. The average molecular weight is 290 g/mol. The third-order valence-electron chi connectivity index (χ3n) is 2.83. The van der Waals surface area contributed by atoms with E-state index in [0.717, 1.165) is 30.6 Å². The number of benzene rings is 1. The van der Waals surface area contributed by atoms with Crippen LogP contribution in [-0.2, 0) is 14.3 Å². The molecule has 0 atom stereocenters. The van der Waals surface area contributed by atoms with Gasteiger partial charge in [0.1, 0.15) is 5.75 Å². The van der Waals surface area contributed by atoms with Gasteiger partial charge in [-0.25, -0.2) is 9.59 Å². The highest BCUT2D eigenvalue weighted by molar-refractivity contribution is 5.92. The molecule has 114 valence electrons. The minimum Gasteiger partial charge on any atom is -0.463 e. The molecular weight excluding hydrogens is 268 g/mol. The molecule has 0 fully saturated rings. The maximum Gasteiger partial charge on any atom is 0.336 e. The molecule has 21 heavy (non-hydrogen) atoms. The minimum absolute atomic E-state index is 0.369. The summed E-state index contributed by atoms with van der Waals surface area (Å²) in [7, 11) is 0. The summed E-state index contributed by atoms with van der Waals surface area (Å²) < 4.78 is 10.1. The molecule has 0 aliphatic heterocycles. The van der Waals surface area contributed by atoms with E-state index in [1.807, 2.05) is 19.1 Å². The molecule has 0 N–H and O–H groups in total. The molecule has 4 heteroatoms. The Bertz CT molecular complexity index is 503. The van der Waals surface area contributed by atoms with Crippen LogP contribution in [0.4, 0.5) is 0 Å². The molecule has 0 aromatic heterocycles.